The topological polar surface area (TPSA) is 80.9 Å². The number of hydrogen-bond donors (Lipinski definition) is 4. The zero-order chi connectivity index (χ0) is 13.2. The molecule has 0 unspecified atom stereocenters. The summed E-state index contributed by atoms with van der Waals surface area (Å²) < 4.78 is 0. The van der Waals surface area contributed by atoms with E-state index < -0.39 is 11.2 Å². The van der Waals surface area contributed by atoms with E-state index in [1.54, 1.807) is 20.8 Å². The standard InChI is InChI=1S/2C6H14O2/c1-5(2,3)6(4,7)8;7-5-3-1-2-4-6-8/h7-8H,1-4H3;7-8H,1-6H2. The minimum absolute atomic E-state index is 0.283. The Morgan fingerprint density at radius 3 is 1.06 bits per heavy atom. The fourth-order valence-corrected chi connectivity index (χ4v) is 0.577. The zero-order valence-corrected chi connectivity index (χ0v) is 11.0. The third kappa shape index (κ3) is 11.9. The molecule has 0 heterocycles. The van der Waals surface area contributed by atoms with Crippen molar-refractivity contribution in [3.63, 3.8) is 0 Å². The molecule has 0 aromatic carbocycles. The van der Waals surface area contributed by atoms with Gasteiger partial charge in [-0.25, -0.2) is 0 Å². The predicted octanol–water partition coefficient (Wildman–Crippen LogP) is 1.26. The van der Waals surface area contributed by atoms with Crippen molar-refractivity contribution in [2.75, 3.05) is 13.2 Å². The third-order valence-electron chi connectivity index (χ3n) is 2.49. The molecular formula is C12H28O4. The molecule has 4 N–H and O–H groups in total. The fraction of sp³-hybridized carbons (Fsp3) is 1.00. The molecule has 0 amide bonds. The lowest BCUT2D eigenvalue weighted by Crippen LogP contribution is -2.39. The maximum Gasteiger partial charge on any atom is 0.164 e. The summed E-state index contributed by atoms with van der Waals surface area (Å²) in [6.45, 7) is 7.26. The van der Waals surface area contributed by atoms with Crippen LogP contribution in [0.2, 0.25) is 0 Å². The van der Waals surface area contributed by atoms with E-state index in [4.69, 9.17) is 20.4 Å². The molecule has 0 saturated carbocycles. The number of aliphatic hydroxyl groups excluding tert-OH is 2. The summed E-state index contributed by atoms with van der Waals surface area (Å²) in [5.41, 5.74) is -0.451. The van der Waals surface area contributed by atoms with E-state index >= 15 is 0 Å². The van der Waals surface area contributed by atoms with Gasteiger partial charge in [0.25, 0.3) is 0 Å². The molecule has 0 aliphatic rings. The Morgan fingerprint density at radius 2 is 0.938 bits per heavy atom. The summed E-state index contributed by atoms with van der Waals surface area (Å²) in [5.74, 6) is -1.56. The van der Waals surface area contributed by atoms with Crippen molar-refractivity contribution in [2.45, 2.75) is 59.2 Å². The molecule has 0 atom stereocenters. The van der Waals surface area contributed by atoms with E-state index in [9.17, 15) is 0 Å². The number of hydrogen-bond acceptors (Lipinski definition) is 4. The molecule has 0 aromatic rings. The first-order valence-corrected chi connectivity index (χ1v) is 5.83. The summed E-state index contributed by atoms with van der Waals surface area (Å²) in [4.78, 5) is 0. The normalized spacial score (nSPS) is 12.0. The largest absolute Gasteiger partial charge is 0.396 e. The molecule has 0 saturated heterocycles. The van der Waals surface area contributed by atoms with E-state index in [2.05, 4.69) is 0 Å². The molecule has 4 nitrogen and oxygen atoms in total. The van der Waals surface area contributed by atoms with Crippen LogP contribution in [0, 0.1) is 5.41 Å². The van der Waals surface area contributed by atoms with Crippen molar-refractivity contribution in [3.8, 4) is 0 Å². The summed E-state index contributed by atoms with van der Waals surface area (Å²) in [6, 6.07) is 0. The lowest BCUT2D eigenvalue weighted by Gasteiger charge is -2.31. The van der Waals surface area contributed by atoms with Gasteiger partial charge in [-0.15, -0.1) is 0 Å². The highest BCUT2D eigenvalue weighted by Gasteiger charge is 2.32. The SMILES string of the molecule is CC(C)(C)C(C)(O)O.OCCCCCCO. The van der Waals surface area contributed by atoms with Crippen LogP contribution in [0.4, 0.5) is 0 Å². The second-order valence-electron chi connectivity index (χ2n) is 5.13. The number of unbranched alkanes of at least 4 members (excludes halogenated alkanes) is 3. The molecule has 0 aromatic heterocycles. The molecule has 0 spiro atoms. The highest BCUT2D eigenvalue weighted by molar-refractivity contribution is 4.74. The van der Waals surface area contributed by atoms with Crippen LogP contribution >= 0.6 is 0 Å². The molecule has 100 valence electrons. The average Bonchev–Trinajstić information content (AvgIpc) is 2.10. The Hall–Kier alpha value is -0.160. The second-order valence-corrected chi connectivity index (χ2v) is 5.13. The van der Waals surface area contributed by atoms with Crippen LogP contribution in [0.25, 0.3) is 0 Å². The summed E-state index contributed by atoms with van der Waals surface area (Å²) in [6.07, 6.45) is 3.83. The van der Waals surface area contributed by atoms with Gasteiger partial charge >= 0.3 is 0 Å². The Labute approximate surface area is 98.9 Å². The first-order chi connectivity index (χ1) is 7.16. The van der Waals surface area contributed by atoms with Crippen LogP contribution in [0.15, 0.2) is 0 Å². The van der Waals surface area contributed by atoms with E-state index in [1.807, 2.05) is 0 Å². The van der Waals surface area contributed by atoms with Gasteiger partial charge in [0, 0.05) is 18.6 Å². The maximum atomic E-state index is 8.91. The predicted molar refractivity (Wildman–Crippen MR) is 64.9 cm³/mol. The minimum Gasteiger partial charge on any atom is -0.396 e. The van der Waals surface area contributed by atoms with Gasteiger partial charge in [0.2, 0.25) is 0 Å². The van der Waals surface area contributed by atoms with E-state index in [0.29, 0.717) is 0 Å². The van der Waals surface area contributed by atoms with Gasteiger partial charge in [0.1, 0.15) is 0 Å². The van der Waals surface area contributed by atoms with Crippen LogP contribution in [0.5, 0.6) is 0 Å². The summed E-state index contributed by atoms with van der Waals surface area (Å²) in [7, 11) is 0. The molecule has 0 rings (SSSR count). The smallest absolute Gasteiger partial charge is 0.164 e. The fourth-order valence-electron chi connectivity index (χ4n) is 0.577. The second kappa shape index (κ2) is 8.93. The molecule has 16 heavy (non-hydrogen) atoms. The average molecular weight is 236 g/mol. The maximum absolute atomic E-state index is 8.91. The highest BCUT2D eigenvalue weighted by Crippen LogP contribution is 2.26. The van der Waals surface area contributed by atoms with Crippen molar-refractivity contribution >= 4 is 0 Å². The van der Waals surface area contributed by atoms with E-state index in [1.165, 1.54) is 6.92 Å². The van der Waals surface area contributed by atoms with E-state index in [-0.39, 0.29) is 13.2 Å². The Balaban J connectivity index is 0. The molecule has 0 bridgehead atoms. The quantitative estimate of drug-likeness (QED) is 0.428. The van der Waals surface area contributed by atoms with Crippen molar-refractivity contribution in [1.29, 1.82) is 0 Å². The van der Waals surface area contributed by atoms with E-state index in [0.717, 1.165) is 25.7 Å². The molecule has 0 aliphatic carbocycles. The van der Waals surface area contributed by atoms with Gasteiger partial charge in [0.05, 0.1) is 0 Å². The molecule has 4 heteroatoms. The molecule has 0 fully saturated rings. The van der Waals surface area contributed by atoms with Crippen molar-refractivity contribution in [2.24, 2.45) is 5.41 Å². The molecular weight excluding hydrogens is 208 g/mol. The van der Waals surface area contributed by atoms with Gasteiger partial charge < -0.3 is 20.4 Å². The Kier molecular flexibility index (Phi) is 10.2. The summed E-state index contributed by atoms with van der Waals surface area (Å²) >= 11 is 0. The van der Waals surface area contributed by atoms with Crippen LogP contribution in [-0.2, 0) is 0 Å². The van der Waals surface area contributed by atoms with Gasteiger partial charge in [0.15, 0.2) is 5.79 Å². The number of rotatable bonds is 5. The minimum atomic E-state index is -1.56. The van der Waals surface area contributed by atoms with Gasteiger partial charge in [-0.3, -0.25) is 0 Å². The lowest BCUT2D eigenvalue weighted by atomic mass is 9.87. The summed E-state index contributed by atoms with van der Waals surface area (Å²) in [5, 5.41) is 34.4. The zero-order valence-electron chi connectivity index (χ0n) is 11.0. The van der Waals surface area contributed by atoms with Crippen LogP contribution in [0.3, 0.4) is 0 Å². The van der Waals surface area contributed by atoms with Crippen LogP contribution in [0.1, 0.15) is 53.4 Å². The van der Waals surface area contributed by atoms with Crippen LogP contribution in [-0.4, -0.2) is 39.4 Å². The Bertz CT molecular complexity index is 126. The lowest BCUT2D eigenvalue weighted by molar-refractivity contribution is -0.212. The highest BCUT2D eigenvalue weighted by atomic mass is 16.5. The monoisotopic (exact) mass is 236 g/mol. The van der Waals surface area contributed by atoms with Crippen LogP contribution < -0.4 is 0 Å². The number of aliphatic hydroxyl groups is 4. The van der Waals surface area contributed by atoms with Crippen molar-refractivity contribution in [3.05, 3.63) is 0 Å². The first kappa shape index (κ1) is 18.2. The van der Waals surface area contributed by atoms with Gasteiger partial charge in [-0.2, -0.15) is 0 Å². The van der Waals surface area contributed by atoms with Gasteiger partial charge in [-0.05, 0) is 19.8 Å². The Morgan fingerprint density at radius 1 is 0.688 bits per heavy atom. The van der Waals surface area contributed by atoms with Gasteiger partial charge in [-0.1, -0.05) is 33.6 Å². The van der Waals surface area contributed by atoms with Crippen molar-refractivity contribution < 1.29 is 20.4 Å². The first-order valence-electron chi connectivity index (χ1n) is 5.83. The molecule has 0 aliphatic heterocycles. The van der Waals surface area contributed by atoms with Crippen molar-refractivity contribution in [1.82, 2.24) is 0 Å². The molecule has 0 radical (unpaired) electrons. The third-order valence-corrected chi connectivity index (χ3v) is 2.49.